The van der Waals surface area contributed by atoms with E-state index in [-0.39, 0.29) is 17.4 Å². The lowest BCUT2D eigenvalue weighted by Crippen LogP contribution is -2.10. The number of hydrogen-bond donors (Lipinski definition) is 1. The SMILES string of the molecule is COc1cccc(OCc2cc(C(N)=S)ccc2F)c1. The first-order valence-corrected chi connectivity index (χ1v) is 6.36. The summed E-state index contributed by atoms with van der Waals surface area (Å²) in [6.07, 6.45) is 0. The molecular weight excluding hydrogens is 277 g/mol. The largest absolute Gasteiger partial charge is 0.497 e. The van der Waals surface area contributed by atoms with Gasteiger partial charge in [0.2, 0.25) is 0 Å². The zero-order valence-corrected chi connectivity index (χ0v) is 11.7. The molecule has 0 aliphatic carbocycles. The second kappa shape index (κ2) is 6.34. The van der Waals surface area contributed by atoms with Crippen LogP contribution in [-0.4, -0.2) is 12.1 Å². The lowest BCUT2D eigenvalue weighted by molar-refractivity contribution is 0.297. The first-order chi connectivity index (χ1) is 9.60. The minimum absolute atomic E-state index is 0.0927. The third kappa shape index (κ3) is 3.45. The van der Waals surface area contributed by atoms with Crippen molar-refractivity contribution in [2.45, 2.75) is 6.61 Å². The highest BCUT2D eigenvalue weighted by Gasteiger charge is 2.06. The number of benzene rings is 2. The van der Waals surface area contributed by atoms with Gasteiger partial charge < -0.3 is 15.2 Å². The van der Waals surface area contributed by atoms with Crippen molar-refractivity contribution >= 4 is 17.2 Å². The highest BCUT2D eigenvalue weighted by molar-refractivity contribution is 7.80. The van der Waals surface area contributed by atoms with Crippen LogP contribution in [0, 0.1) is 5.82 Å². The molecular formula is C15H14FNO2S. The van der Waals surface area contributed by atoms with Crippen molar-refractivity contribution in [2.75, 3.05) is 7.11 Å². The Hall–Kier alpha value is -2.14. The minimum Gasteiger partial charge on any atom is -0.497 e. The maximum absolute atomic E-state index is 13.7. The standard InChI is InChI=1S/C15H14FNO2S/c1-18-12-3-2-4-13(8-12)19-9-11-7-10(15(17)20)5-6-14(11)16/h2-8H,9H2,1H3,(H2,17,20). The summed E-state index contributed by atoms with van der Waals surface area (Å²) in [4.78, 5) is 0.229. The van der Waals surface area contributed by atoms with Gasteiger partial charge in [-0.2, -0.15) is 0 Å². The van der Waals surface area contributed by atoms with E-state index in [4.69, 9.17) is 27.4 Å². The Morgan fingerprint density at radius 1 is 1.20 bits per heavy atom. The second-order valence-electron chi connectivity index (χ2n) is 4.14. The quantitative estimate of drug-likeness (QED) is 0.860. The average Bonchev–Trinajstić information content (AvgIpc) is 2.46. The molecule has 0 bridgehead atoms. The maximum Gasteiger partial charge on any atom is 0.129 e. The van der Waals surface area contributed by atoms with E-state index in [2.05, 4.69) is 0 Å². The van der Waals surface area contributed by atoms with Gasteiger partial charge in [-0.05, 0) is 30.3 Å². The van der Waals surface area contributed by atoms with Gasteiger partial charge in [-0.25, -0.2) is 4.39 Å². The molecule has 0 aromatic heterocycles. The first kappa shape index (κ1) is 14.3. The van der Waals surface area contributed by atoms with Gasteiger partial charge in [0, 0.05) is 17.2 Å². The topological polar surface area (TPSA) is 44.5 Å². The molecule has 5 heteroatoms. The smallest absolute Gasteiger partial charge is 0.129 e. The zero-order chi connectivity index (χ0) is 14.5. The molecule has 3 nitrogen and oxygen atoms in total. The van der Waals surface area contributed by atoms with E-state index < -0.39 is 0 Å². The van der Waals surface area contributed by atoms with Crippen molar-refractivity contribution in [1.29, 1.82) is 0 Å². The first-order valence-electron chi connectivity index (χ1n) is 5.95. The van der Waals surface area contributed by atoms with E-state index >= 15 is 0 Å². The van der Waals surface area contributed by atoms with E-state index in [0.717, 1.165) is 0 Å². The number of hydrogen-bond acceptors (Lipinski definition) is 3. The fraction of sp³-hybridized carbons (Fsp3) is 0.133. The maximum atomic E-state index is 13.7. The highest BCUT2D eigenvalue weighted by Crippen LogP contribution is 2.21. The average molecular weight is 291 g/mol. The molecule has 104 valence electrons. The van der Waals surface area contributed by atoms with E-state index in [1.54, 1.807) is 43.5 Å². The molecule has 0 aliphatic heterocycles. The summed E-state index contributed by atoms with van der Waals surface area (Å²) >= 11 is 4.87. The lowest BCUT2D eigenvalue weighted by atomic mass is 10.1. The van der Waals surface area contributed by atoms with Crippen molar-refractivity contribution < 1.29 is 13.9 Å². The van der Waals surface area contributed by atoms with Gasteiger partial charge in [-0.3, -0.25) is 0 Å². The van der Waals surface area contributed by atoms with Crippen LogP contribution in [0.4, 0.5) is 4.39 Å². The number of thiocarbonyl (C=S) groups is 1. The second-order valence-corrected chi connectivity index (χ2v) is 4.58. The Morgan fingerprint density at radius 2 is 1.95 bits per heavy atom. The van der Waals surface area contributed by atoms with Crippen LogP contribution in [0.1, 0.15) is 11.1 Å². The summed E-state index contributed by atoms with van der Waals surface area (Å²) in [5, 5.41) is 0. The van der Waals surface area contributed by atoms with Crippen molar-refractivity contribution in [3.8, 4) is 11.5 Å². The number of rotatable bonds is 5. The molecule has 20 heavy (non-hydrogen) atoms. The van der Waals surface area contributed by atoms with Crippen molar-refractivity contribution in [2.24, 2.45) is 5.73 Å². The molecule has 2 aromatic carbocycles. The third-order valence-corrected chi connectivity index (χ3v) is 3.00. The molecule has 0 atom stereocenters. The summed E-state index contributed by atoms with van der Waals surface area (Å²) in [6, 6.07) is 11.6. The molecule has 2 N–H and O–H groups in total. The van der Waals surface area contributed by atoms with Gasteiger partial charge in [0.1, 0.15) is 28.9 Å². The van der Waals surface area contributed by atoms with Crippen molar-refractivity contribution in [3.05, 3.63) is 59.4 Å². The molecule has 0 aliphatic rings. The Balaban J connectivity index is 2.13. The Morgan fingerprint density at radius 3 is 2.65 bits per heavy atom. The van der Waals surface area contributed by atoms with Crippen LogP contribution >= 0.6 is 12.2 Å². The van der Waals surface area contributed by atoms with Crippen LogP contribution in [0.15, 0.2) is 42.5 Å². The Bertz CT molecular complexity index is 631. The Labute approximate surface area is 122 Å². The van der Waals surface area contributed by atoms with Gasteiger partial charge in [0.05, 0.1) is 7.11 Å². The van der Waals surface area contributed by atoms with E-state index in [1.807, 2.05) is 0 Å². The number of halogens is 1. The lowest BCUT2D eigenvalue weighted by Gasteiger charge is -2.09. The van der Waals surface area contributed by atoms with Crippen LogP contribution in [0.3, 0.4) is 0 Å². The van der Waals surface area contributed by atoms with Crippen LogP contribution in [-0.2, 0) is 6.61 Å². The Kier molecular flexibility index (Phi) is 4.53. The van der Waals surface area contributed by atoms with Crippen LogP contribution in [0.25, 0.3) is 0 Å². The molecule has 0 saturated carbocycles. The third-order valence-electron chi connectivity index (χ3n) is 2.77. The van der Waals surface area contributed by atoms with Crippen molar-refractivity contribution in [3.63, 3.8) is 0 Å². The number of nitrogens with two attached hydrogens (primary N) is 1. The van der Waals surface area contributed by atoms with Gasteiger partial charge in [-0.15, -0.1) is 0 Å². The molecule has 0 amide bonds. The molecule has 0 radical (unpaired) electrons. The zero-order valence-electron chi connectivity index (χ0n) is 10.9. The summed E-state index contributed by atoms with van der Waals surface area (Å²) in [5.41, 5.74) is 6.55. The van der Waals surface area contributed by atoms with Gasteiger partial charge in [0.25, 0.3) is 0 Å². The predicted octanol–water partition coefficient (Wildman–Crippen LogP) is 3.05. The highest BCUT2D eigenvalue weighted by atomic mass is 32.1. The molecule has 0 saturated heterocycles. The predicted molar refractivity (Wildman–Crippen MR) is 79.6 cm³/mol. The van der Waals surface area contributed by atoms with E-state index in [9.17, 15) is 4.39 Å². The van der Waals surface area contributed by atoms with Crippen LogP contribution in [0.5, 0.6) is 11.5 Å². The molecule has 2 aromatic rings. The summed E-state index contributed by atoms with van der Waals surface area (Å²) in [5.74, 6) is 0.928. The summed E-state index contributed by atoms with van der Waals surface area (Å²) in [7, 11) is 1.57. The van der Waals surface area contributed by atoms with Gasteiger partial charge in [-0.1, -0.05) is 18.3 Å². The molecule has 0 fully saturated rings. The molecule has 0 unspecified atom stereocenters. The fourth-order valence-electron chi connectivity index (χ4n) is 1.69. The molecule has 2 rings (SSSR count). The molecule has 0 spiro atoms. The fourth-order valence-corrected chi connectivity index (χ4v) is 1.82. The van der Waals surface area contributed by atoms with Gasteiger partial charge >= 0.3 is 0 Å². The number of ether oxygens (including phenoxy) is 2. The number of methoxy groups -OCH3 is 1. The summed E-state index contributed by atoms with van der Waals surface area (Å²) in [6.45, 7) is 0.0927. The van der Waals surface area contributed by atoms with E-state index in [0.29, 0.717) is 22.6 Å². The minimum atomic E-state index is -0.354. The van der Waals surface area contributed by atoms with Crippen molar-refractivity contribution in [1.82, 2.24) is 0 Å². The van der Waals surface area contributed by atoms with Gasteiger partial charge in [0.15, 0.2) is 0 Å². The van der Waals surface area contributed by atoms with Crippen LogP contribution in [0.2, 0.25) is 0 Å². The molecule has 0 heterocycles. The normalized spacial score (nSPS) is 10.1. The monoisotopic (exact) mass is 291 g/mol. The van der Waals surface area contributed by atoms with Crippen LogP contribution < -0.4 is 15.2 Å². The summed E-state index contributed by atoms with van der Waals surface area (Å²) < 4.78 is 24.3. The van der Waals surface area contributed by atoms with E-state index in [1.165, 1.54) is 6.07 Å².